The van der Waals surface area contributed by atoms with Crippen LogP contribution >= 0.6 is 11.3 Å². The molecule has 1 heterocycles. The Morgan fingerprint density at radius 3 is 2.57 bits per heavy atom. The van der Waals surface area contributed by atoms with Crippen LogP contribution in [-0.2, 0) is 0 Å². The lowest BCUT2D eigenvalue weighted by Gasteiger charge is -2.03. The molecule has 0 N–H and O–H groups in total. The molecular weight excluding hydrogens is 190 g/mol. The van der Waals surface area contributed by atoms with E-state index in [1.165, 1.54) is 21.6 Å². The van der Waals surface area contributed by atoms with E-state index in [0.29, 0.717) is 0 Å². The third kappa shape index (κ3) is 1.58. The lowest BCUT2D eigenvalue weighted by atomic mass is 10.0. The van der Waals surface area contributed by atoms with Crippen molar-refractivity contribution in [1.29, 1.82) is 0 Å². The van der Waals surface area contributed by atoms with Gasteiger partial charge >= 0.3 is 0 Å². The molecule has 0 fully saturated rings. The molecule has 0 saturated carbocycles. The maximum Gasteiger partial charge on any atom is 0.0801 e. The fourth-order valence-corrected chi connectivity index (χ4v) is 2.12. The second-order valence-electron chi connectivity index (χ2n) is 3.43. The van der Waals surface area contributed by atoms with Crippen molar-refractivity contribution >= 4 is 11.3 Å². The monoisotopic (exact) mass is 202 g/mol. The van der Waals surface area contributed by atoms with Crippen molar-refractivity contribution in [3.05, 3.63) is 47.5 Å². The summed E-state index contributed by atoms with van der Waals surface area (Å²) in [6.07, 6.45) is 0. The molecule has 0 atom stereocenters. The Morgan fingerprint density at radius 1 is 1.21 bits per heavy atom. The van der Waals surface area contributed by atoms with Gasteiger partial charge in [-0.3, -0.25) is 0 Å². The lowest BCUT2D eigenvalue weighted by Crippen LogP contribution is -1.83. The SMILES string of the molecule is [CH2]c1ncsc1-c1ccc(C)c(C)c1. The van der Waals surface area contributed by atoms with E-state index >= 15 is 0 Å². The van der Waals surface area contributed by atoms with Gasteiger partial charge < -0.3 is 0 Å². The van der Waals surface area contributed by atoms with E-state index in [-0.39, 0.29) is 0 Å². The topological polar surface area (TPSA) is 12.9 Å². The van der Waals surface area contributed by atoms with Gasteiger partial charge in [-0.25, -0.2) is 4.98 Å². The summed E-state index contributed by atoms with van der Waals surface area (Å²) >= 11 is 1.64. The van der Waals surface area contributed by atoms with Crippen molar-refractivity contribution in [3.8, 4) is 10.4 Å². The molecule has 14 heavy (non-hydrogen) atoms. The molecule has 0 unspecified atom stereocenters. The average molecular weight is 202 g/mol. The zero-order chi connectivity index (χ0) is 10.1. The summed E-state index contributed by atoms with van der Waals surface area (Å²) < 4.78 is 0. The van der Waals surface area contributed by atoms with Crippen LogP contribution in [0.15, 0.2) is 23.7 Å². The van der Waals surface area contributed by atoms with Crippen molar-refractivity contribution in [2.24, 2.45) is 0 Å². The van der Waals surface area contributed by atoms with Gasteiger partial charge in [0.2, 0.25) is 0 Å². The van der Waals surface area contributed by atoms with Crippen molar-refractivity contribution in [3.63, 3.8) is 0 Å². The van der Waals surface area contributed by atoms with E-state index in [1.807, 2.05) is 5.51 Å². The molecule has 0 aliphatic rings. The third-order valence-corrected chi connectivity index (χ3v) is 3.33. The van der Waals surface area contributed by atoms with E-state index in [2.05, 4.69) is 44.0 Å². The molecule has 0 bridgehead atoms. The van der Waals surface area contributed by atoms with Crippen LogP contribution in [0.2, 0.25) is 0 Å². The first-order valence-electron chi connectivity index (χ1n) is 4.51. The fraction of sp³-hybridized carbons (Fsp3) is 0.167. The van der Waals surface area contributed by atoms with Crippen LogP contribution in [0.3, 0.4) is 0 Å². The van der Waals surface area contributed by atoms with Gasteiger partial charge in [0.1, 0.15) is 0 Å². The number of nitrogens with zero attached hydrogens (tertiary/aromatic N) is 1. The number of thiazole rings is 1. The molecule has 71 valence electrons. The number of rotatable bonds is 1. The van der Waals surface area contributed by atoms with Crippen LogP contribution < -0.4 is 0 Å². The number of aryl methyl sites for hydroxylation is 2. The Labute approximate surface area is 88.4 Å². The third-order valence-electron chi connectivity index (χ3n) is 2.41. The van der Waals surface area contributed by atoms with Crippen LogP contribution in [0.4, 0.5) is 0 Å². The van der Waals surface area contributed by atoms with Crippen LogP contribution in [0, 0.1) is 20.8 Å². The first kappa shape index (κ1) is 9.41. The average Bonchev–Trinajstić information content (AvgIpc) is 2.57. The predicted molar refractivity (Wildman–Crippen MR) is 61.5 cm³/mol. The summed E-state index contributed by atoms with van der Waals surface area (Å²) in [5.41, 5.74) is 6.57. The maximum atomic E-state index is 4.15. The van der Waals surface area contributed by atoms with E-state index in [4.69, 9.17) is 0 Å². The highest BCUT2D eigenvalue weighted by Gasteiger charge is 2.05. The van der Waals surface area contributed by atoms with Gasteiger partial charge in [-0.15, -0.1) is 11.3 Å². The van der Waals surface area contributed by atoms with Crippen LogP contribution in [0.1, 0.15) is 16.8 Å². The van der Waals surface area contributed by atoms with Gasteiger partial charge in [-0.1, -0.05) is 18.2 Å². The molecular formula is C12H12NS. The lowest BCUT2D eigenvalue weighted by molar-refractivity contribution is 1.33. The van der Waals surface area contributed by atoms with Gasteiger partial charge in [0, 0.05) is 0 Å². The number of benzene rings is 1. The molecule has 0 amide bonds. The first-order chi connectivity index (χ1) is 6.68. The Morgan fingerprint density at radius 2 is 2.00 bits per heavy atom. The summed E-state index contributed by atoms with van der Waals surface area (Å²) in [5, 5.41) is 0. The predicted octanol–water partition coefficient (Wildman–Crippen LogP) is 3.61. The minimum absolute atomic E-state index is 0.873. The molecule has 1 nitrogen and oxygen atoms in total. The van der Waals surface area contributed by atoms with E-state index in [0.717, 1.165) is 5.69 Å². The second-order valence-corrected chi connectivity index (χ2v) is 4.28. The molecule has 2 aromatic rings. The van der Waals surface area contributed by atoms with Gasteiger partial charge in [0.25, 0.3) is 0 Å². The molecule has 0 aliphatic heterocycles. The van der Waals surface area contributed by atoms with Crippen molar-refractivity contribution in [2.45, 2.75) is 13.8 Å². The van der Waals surface area contributed by atoms with E-state index < -0.39 is 0 Å². The molecule has 1 radical (unpaired) electrons. The maximum absolute atomic E-state index is 4.15. The van der Waals surface area contributed by atoms with Crippen molar-refractivity contribution in [1.82, 2.24) is 4.98 Å². The Kier molecular flexibility index (Phi) is 2.38. The molecule has 1 aromatic heterocycles. The van der Waals surface area contributed by atoms with Crippen molar-refractivity contribution in [2.75, 3.05) is 0 Å². The summed E-state index contributed by atoms with van der Waals surface area (Å²) in [7, 11) is 0. The molecule has 2 rings (SSSR count). The highest BCUT2D eigenvalue weighted by atomic mass is 32.1. The van der Waals surface area contributed by atoms with E-state index in [9.17, 15) is 0 Å². The van der Waals surface area contributed by atoms with Crippen LogP contribution in [-0.4, -0.2) is 4.98 Å². The molecule has 2 heteroatoms. The van der Waals surface area contributed by atoms with E-state index in [1.54, 1.807) is 11.3 Å². The van der Waals surface area contributed by atoms with Gasteiger partial charge in [-0.2, -0.15) is 0 Å². The quantitative estimate of drug-likeness (QED) is 0.688. The molecule has 0 aliphatic carbocycles. The first-order valence-corrected chi connectivity index (χ1v) is 5.39. The summed E-state index contributed by atoms with van der Waals surface area (Å²) in [6, 6.07) is 6.46. The molecule has 0 spiro atoms. The highest BCUT2D eigenvalue weighted by molar-refractivity contribution is 7.13. The fourth-order valence-electron chi connectivity index (χ4n) is 1.39. The van der Waals surface area contributed by atoms with Crippen LogP contribution in [0.5, 0.6) is 0 Å². The largest absolute Gasteiger partial charge is 0.249 e. The zero-order valence-corrected chi connectivity index (χ0v) is 9.19. The zero-order valence-electron chi connectivity index (χ0n) is 8.37. The van der Waals surface area contributed by atoms with Gasteiger partial charge in [-0.05, 0) is 37.5 Å². The highest BCUT2D eigenvalue weighted by Crippen LogP contribution is 2.28. The second kappa shape index (κ2) is 3.54. The minimum atomic E-state index is 0.873. The standard InChI is InChI=1S/C12H12NS/c1-8-4-5-11(6-9(8)2)12-10(3)13-7-14-12/h4-7H,3H2,1-2H3. The number of hydrogen-bond donors (Lipinski definition) is 0. The number of hydrogen-bond acceptors (Lipinski definition) is 2. The molecule has 0 saturated heterocycles. The summed E-state index contributed by atoms with van der Waals surface area (Å²) in [5.74, 6) is 0. The normalized spacial score (nSPS) is 10.5. The smallest absolute Gasteiger partial charge is 0.0801 e. The van der Waals surface area contributed by atoms with Crippen LogP contribution in [0.25, 0.3) is 10.4 Å². The Balaban J connectivity index is 2.53. The Hall–Kier alpha value is -1.15. The van der Waals surface area contributed by atoms with Gasteiger partial charge in [0.15, 0.2) is 0 Å². The minimum Gasteiger partial charge on any atom is -0.249 e. The summed E-state index contributed by atoms with van der Waals surface area (Å²) in [4.78, 5) is 5.33. The molecule has 1 aromatic carbocycles. The Bertz CT molecular complexity index is 457. The van der Waals surface area contributed by atoms with Crippen molar-refractivity contribution < 1.29 is 0 Å². The van der Waals surface area contributed by atoms with Gasteiger partial charge in [0.05, 0.1) is 16.1 Å². The number of aromatic nitrogens is 1. The summed E-state index contributed by atoms with van der Waals surface area (Å²) in [6.45, 7) is 8.16.